The second-order valence-corrected chi connectivity index (χ2v) is 12.3. The van der Waals surface area contributed by atoms with Crippen LogP contribution in [-0.2, 0) is 4.79 Å². The predicted molar refractivity (Wildman–Crippen MR) is 93.6 cm³/mol. The third kappa shape index (κ3) is 2.01. The second kappa shape index (κ2) is 4.74. The first-order chi connectivity index (χ1) is 11.3. The number of fused-ring (bicyclic) bond motifs is 2. The van der Waals surface area contributed by atoms with Gasteiger partial charge in [0.05, 0.1) is 11.6 Å². The fourth-order valence-electron chi connectivity index (χ4n) is 3.38. The molecule has 0 saturated carbocycles. The molecule has 0 radical (unpaired) electrons. The Hall–Kier alpha value is -2.53. The first kappa shape index (κ1) is 15.0. The van der Waals surface area contributed by atoms with Crippen LogP contribution >= 0.6 is 0 Å². The molecule has 4 rings (SSSR count). The van der Waals surface area contributed by atoms with E-state index >= 15 is 0 Å². The van der Waals surface area contributed by atoms with Gasteiger partial charge < -0.3 is 4.42 Å². The lowest BCUT2D eigenvalue weighted by Crippen LogP contribution is -2.37. The topological polar surface area (TPSA) is 64.3 Å². The molecule has 0 unspecified atom stereocenters. The average molecular weight is 336 g/mol. The van der Waals surface area contributed by atoms with Gasteiger partial charge >= 0.3 is 0 Å². The van der Waals surface area contributed by atoms with Crippen LogP contribution in [0.15, 0.2) is 46.1 Å². The van der Waals surface area contributed by atoms with Crippen LogP contribution in [0.4, 0.5) is 0 Å². The van der Waals surface area contributed by atoms with Crippen LogP contribution in [0.5, 0.6) is 0 Å². The lowest BCUT2D eigenvalue weighted by molar-refractivity contribution is -0.114. The Bertz CT molecular complexity index is 1010. The van der Waals surface area contributed by atoms with Gasteiger partial charge in [0.1, 0.15) is 8.07 Å². The number of furan rings is 1. The first-order valence-corrected chi connectivity index (χ1v) is 11.4. The summed E-state index contributed by atoms with van der Waals surface area (Å²) >= 11 is 0. The molecule has 0 atom stereocenters. The van der Waals surface area contributed by atoms with Gasteiger partial charge in [-0.25, -0.2) is 0 Å². The van der Waals surface area contributed by atoms with E-state index in [0.717, 1.165) is 16.2 Å². The maximum Gasteiger partial charge on any atom is 0.194 e. The molecule has 24 heavy (non-hydrogen) atoms. The minimum absolute atomic E-state index is 0.000570. The van der Waals surface area contributed by atoms with E-state index in [9.17, 15) is 14.4 Å². The monoisotopic (exact) mass is 336 g/mol. The highest BCUT2D eigenvalue weighted by Gasteiger charge is 2.35. The highest BCUT2D eigenvalue weighted by Crippen LogP contribution is 2.34. The van der Waals surface area contributed by atoms with Crippen molar-refractivity contribution in [3.8, 4) is 0 Å². The highest BCUT2D eigenvalue weighted by molar-refractivity contribution is 6.89. The average Bonchev–Trinajstić information content (AvgIpc) is 2.94. The molecule has 0 aliphatic heterocycles. The summed E-state index contributed by atoms with van der Waals surface area (Å²) in [5, 5.41) is 2.66. The minimum atomic E-state index is -1.71. The van der Waals surface area contributed by atoms with Crippen molar-refractivity contribution in [2.45, 2.75) is 26.1 Å². The fraction of sp³-hybridized carbons (Fsp3) is 0.211. The Balaban J connectivity index is 1.97. The Kier molecular flexibility index (Phi) is 2.96. The third-order valence-electron chi connectivity index (χ3n) is 4.54. The van der Waals surface area contributed by atoms with E-state index in [2.05, 4.69) is 19.6 Å². The molecule has 0 spiro atoms. The molecule has 2 aromatic rings. The molecule has 2 aliphatic rings. The highest BCUT2D eigenvalue weighted by atomic mass is 28.3. The molecule has 1 heterocycles. The van der Waals surface area contributed by atoms with Gasteiger partial charge in [-0.15, -0.1) is 0 Å². The lowest BCUT2D eigenvalue weighted by Gasteiger charge is -2.21. The first-order valence-electron chi connectivity index (χ1n) is 7.86. The maximum atomic E-state index is 12.8. The number of ketones is 3. The van der Waals surface area contributed by atoms with E-state index in [0.29, 0.717) is 22.3 Å². The van der Waals surface area contributed by atoms with Crippen molar-refractivity contribution in [3.63, 3.8) is 0 Å². The summed E-state index contributed by atoms with van der Waals surface area (Å²) in [7, 11) is -1.71. The SMILES string of the molecule is C[Si](C)(C)c1occ2cc3c(cc12)C(=O)C1=C(CC(=O)C=C1)C3=O. The zero-order valence-corrected chi connectivity index (χ0v) is 14.7. The van der Waals surface area contributed by atoms with Crippen LogP contribution in [0.2, 0.25) is 19.6 Å². The Labute approximate surface area is 139 Å². The number of hydrogen-bond donors (Lipinski definition) is 0. The molecule has 1 aromatic heterocycles. The smallest absolute Gasteiger partial charge is 0.194 e. The van der Waals surface area contributed by atoms with Gasteiger partial charge in [-0.3, -0.25) is 14.4 Å². The van der Waals surface area contributed by atoms with Crippen molar-refractivity contribution in [2.75, 3.05) is 0 Å². The minimum Gasteiger partial charge on any atom is -0.473 e. The molecule has 0 bridgehead atoms. The van der Waals surface area contributed by atoms with Gasteiger partial charge in [0.15, 0.2) is 17.3 Å². The van der Waals surface area contributed by atoms with E-state index < -0.39 is 8.07 Å². The number of carbonyl (C=O) groups is 3. The van der Waals surface area contributed by atoms with Gasteiger partial charge in [0.25, 0.3) is 0 Å². The van der Waals surface area contributed by atoms with Gasteiger partial charge in [0, 0.05) is 39.5 Å². The third-order valence-corrected chi connectivity index (χ3v) is 6.29. The summed E-state index contributed by atoms with van der Waals surface area (Å²) in [4.78, 5) is 37.2. The Morgan fingerprint density at radius 2 is 1.67 bits per heavy atom. The van der Waals surface area contributed by atoms with Crippen molar-refractivity contribution >= 4 is 41.6 Å². The van der Waals surface area contributed by atoms with Crippen molar-refractivity contribution < 1.29 is 18.8 Å². The molecule has 5 heteroatoms. The largest absolute Gasteiger partial charge is 0.473 e. The molecule has 0 saturated heterocycles. The Morgan fingerprint density at radius 3 is 2.38 bits per heavy atom. The molecule has 1 aromatic carbocycles. The zero-order valence-electron chi connectivity index (χ0n) is 13.7. The number of Topliss-reactive ketones (excluding diaryl/α,β-unsaturated/α-hetero) is 2. The molecule has 120 valence electrons. The molecule has 0 amide bonds. The summed E-state index contributed by atoms with van der Waals surface area (Å²) in [5.74, 6) is -0.563. The number of benzene rings is 1. The summed E-state index contributed by atoms with van der Waals surface area (Å²) in [6.45, 7) is 6.52. The molecule has 2 aliphatic carbocycles. The van der Waals surface area contributed by atoms with Crippen LogP contribution in [0.3, 0.4) is 0 Å². The van der Waals surface area contributed by atoms with Crippen LogP contribution in [0, 0.1) is 0 Å². The zero-order chi connectivity index (χ0) is 17.2. The van der Waals surface area contributed by atoms with Gasteiger partial charge in [-0.05, 0) is 24.3 Å². The van der Waals surface area contributed by atoms with Crippen LogP contribution < -0.4 is 5.38 Å². The van der Waals surface area contributed by atoms with Crippen LogP contribution in [0.1, 0.15) is 27.1 Å². The van der Waals surface area contributed by atoms with E-state index in [1.54, 1.807) is 18.4 Å². The molecule has 4 nitrogen and oxygen atoms in total. The van der Waals surface area contributed by atoms with Gasteiger partial charge in [-0.1, -0.05) is 19.6 Å². The predicted octanol–water partition coefficient (Wildman–Crippen LogP) is 3.18. The van der Waals surface area contributed by atoms with E-state index in [1.807, 2.05) is 0 Å². The molecule has 0 N–H and O–H groups in total. The number of carbonyl (C=O) groups excluding carboxylic acids is 3. The van der Waals surface area contributed by atoms with Crippen LogP contribution in [0.25, 0.3) is 10.8 Å². The second-order valence-electron chi connectivity index (χ2n) is 7.33. The van der Waals surface area contributed by atoms with Crippen molar-refractivity contribution in [1.82, 2.24) is 0 Å². The maximum absolute atomic E-state index is 12.8. The molecular formula is C19H16O4Si. The summed E-state index contributed by atoms with van der Waals surface area (Å²) in [5.41, 5.74) is 1.45. The van der Waals surface area contributed by atoms with Gasteiger partial charge in [0.2, 0.25) is 0 Å². The number of rotatable bonds is 1. The van der Waals surface area contributed by atoms with E-state index in [4.69, 9.17) is 4.42 Å². The fourth-order valence-corrected chi connectivity index (χ4v) is 4.82. The van der Waals surface area contributed by atoms with E-state index in [1.165, 1.54) is 12.2 Å². The standard InChI is InChI=1S/C19H16O4Si/c1-24(2,3)19-13-8-16-14(6-10(13)9-23-19)18(22)15-7-11(20)4-5-12(15)17(16)21/h4-6,8-9H,7H2,1-3H3. The lowest BCUT2D eigenvalue weighted by atomic mass is 9.79. The van der Waals surface area contributed by atoms with Crippen molar-refractivity contribution in [2.24, 2.45) is 0 Å². The quantitative estimate of drug-likeness (QED) is 0.750. The van der Waals surface area contributed by atoms with Crippen molar-refractivity contribution in [3.05, 3.63) is 52.8 Å². The normalized spacial score (nSPS) is 17.5. The number of allylic oxidation sites excluding steroid dienone is 4. The van der Waals surface area contributed by atoms with E-state index in [-0.39, 0.29) is 23.8 Å². The summed E-state index contributed by atoms with van der Waals surface area (Å²) in [6, 6.07) is 3.51. The van der Waals surface area contributed by atoms with Crippen LogP contribution in [-0.4, -0.2) is 25.4 Å². The molecular weight excluding hydrogens is 320 g/mol. The van der Waals surface area contributed by atoms with Crippen molar-refractivity contribution in [1.29, 1.82) is 0 Å². The summed E-state index contributed by atoms with van der Waals surface area (Å²) in [6.07, 6.45) is 4.50. The van der Waals surface area contributed by atoms with Gasteiger partial charge in [-0.2, -0.15) is 0 Å². The summed E-state index contributed by atoms with van der Waals surface area (Å²) < 4.78 is 5.76. The Morgan fingerprint density at radius 1 is 0.958 bits per heavy atom. The molecule has 0 fully saturated rings. The number of hydrogen-bond acceptors (Lipinski definition) is 4.